The predicted octanol–water partition coefficient (Wildman–Crippen LogP) is 1.44. The molecular formula is C11H12FNO. The van der Waals surface area contributed by atoms with Gasteiger partial charge in [-0.1, -0.05) is 11.8 Å². The summed E-state index contributed by atoms with van der Waals surface area (Å²) < 4.78 is 12.8. The Hall–Kier alpha value is -1.53. The summed E-state index contributed by atoms with van der Waals surface area (Å²) in [5.41, 5.74) is 0.571. The molecule has 1 aromatic rings. The Balaban J connectivity index is 2.76. The van der Waals surface area contributed by atoms with Gasteiger partial charge in [0, 0.05) is 5.56 Å². The lowest BCUT2D eigenvalue weighted by Gasteiger charge is -2.00. The molecule has 0 saturated heterocycles. The van der Waals surface area contributed by atoms with E-state index in [1.54, 1.807) is 6.07 Å². The third-order valence-electron chi connectivity index (χ3n) is 1.58. The van der Waals surface area contributed by atoms with Crippen molar-refractivity contribution in [1.29, 1.82) is 0 Å². The molecule has 0 aliphatic rings. The Morgan fingerprint density at radius 1 is 1.43 bits per heavy atom. The maximum absolute atomic E-state index is 12.8. The van der Waals surface area contributed by atoms with E-state index in [0.29, 0.717) is 12.1 Å². The lowest BCUT2D eigenvalue weighted by atomic mass is 10.2. The Morgan fingerprint density at radius 3 is 2.71 bits per heavy atom. The molecule has 0 saturated carbocycles. The van der Waals surface area contributed by atoms with Crippen LogP contribution in [-0.4, -0.2) is 30.6 Å². The number of halogens is 1. The summed E-state index contributed by atoms with van der Waals surface area (Å²) in [7, 11) is 3.82. The molecule has 0 unspecified atom stereocenters. The van der Waals surface area contributed by atoms with E-state index in [9.17, 15) is 4.39 Å². The van der Waals surface area contributed by atoms with Crippen LogP contribution < -0.4 is 0 Å². The summed E-state index contributed by atoms with van der Waals surface area (Å²) >= 11 is 0. The highest BCUT2D eigenvalue weighted by atomic mass is 19.1. The molecule has 0 amide bonds. The third kappa shape index (κ3) is 3.08. The smallest absolute Gasteiger partial charge is 0.166 e. The van der Waals surface area contributed by atoms with Gasteiger partial charge in [0.05, 0.1) is 6.54 Å². The van der Waals surface area contributed by atoms with E-state index >= 15 is 0 Å². The summed E-state index contributed by atoms with van der Waals surface area (Å²) in [4.78, 5) is 1.92. The number of aromatic hydroxyl groups is 1. The van der Waals surface area contributed by atoms with E-state index in [4.69, 9.17) is 5.11 Å². The Morgan fingerprint density at radius 2 is 2.14 bits per heavy atom. The molecule has 0 aliphatic heterocycles. The van der Waals surface area contributed by atoms with Crippen LogP contribution in [0.3, 0.4) is 0 Å². The van der Waals surface area contributed by atoms with Gasteiger partial charge in [-0.25, -0.2) is 4.39 Å². The van der Waals surface area contributed by atoms with Crippen molar-refractivity contribution in [3.63, 3.8) is 0 Å². The van der Waals surface area contributed by atoms with E-state index in [-0.39, 0.29) is 5.75 Å². The van der Waals surface area contributed by atoms with Crippen molar-refractivity contribution >= 4 is 0 Å². The predicted molar refractivity (Wildman–Crippen MR) is 53.5 cm³/mol. The van der Waals surface area contributed by atoms with Gasteiger partial charge in [-0.05, 0) is 32.3 Å². The van der Waals surface area contributed by atoms with Crippen LogP contribution in [0.1, 0.15) is 5.56 Å². The van der Waals surface area contributed by atoms with Crippen molar-refractivity contribution in [2.75, 3.05) is 20.6 Å². The average molecular weight is 193 g/mol. The summed E-state index contributed by atoms with van der Waals surface area (Å²) in [6.45, 7) is 0.627. The summed E-state index contributed by atoms with van der Waals surface area (Å²) in [6, 6.07) is 4.11. The molecule has 3 heteroatoms. The molecule has 14 heavy (non-hydrogen) atoms. The van der Waals surface area contributed by atoms with Crippen LogP contribution in [0, 0.1) is 17.7 Å². The molecular weight excluding hydrogens is 181 g/mol. The highest BCUT2D eigenvalue weighted by Crippen LogP contribution is 2.15. The molecule has 1 rings (SSSR count). The van der Waals surface area contributed by atoms with Crippen LogP contribution in [0.25, 0.3) is 0 Å². The third-order valence-corrected chi connectivity index (χ3v) is 1.58. The summed E-state index contributed by atoms with van der Waals surface area (Å²) in [5.74, 6) is 4.70. The number of phenols is 1. The zero-order valence-electron chi connectivity index (χ0n) is 8.21. The second-order valence-corrected chi connectivity index (χ2v) is 3.21. The number of benzene rings is 1. The first kappa shape index (κ1) is 10.6. The molecule has 0 heterocycles. The van der Waals surface area contributed by atoms with Gasteiger partial charge in [0.25, 0.3) is 0 Å². The minimum atomic E-state index is -0.637. The van der Waals surface area contributed by atoms with Crippen molar-refractivity contribution < 1.29 is 9.50 Å². The SMILES string of the molecule is CN(C)CC#Cc1ccc(O)c(F)c1. The fourth-order valence-electron chi connectivity index (χ4n) is 0.884. The Kier molecular flexibility index (Phi) is 3.49. The fraction of sp³-hybridized carbons (Fsp3) is 0.273. The minimum Gasteiger partial charge on any atom is -0.505 e. The molecule has 0 radical (unpaired) electrons. The lowest BCUT2D eigenvalue weighted by Crippen LogP contribution is -2.10. The van der Waals surface area contributed by atoms with Crippen molar-refractivity contribution in [3.8, 4) is 17.6 Å². The first-order valence-electron chi connectivity index (χ1n) is 4.21. The first-order chi connectivity index (χ1) is 6.59. The van der Waals surface area contributed by atoms with E-state index in [1.165, 1.54) is 12.1 Å². The van der Waals surface area contributed by atoms with Crippen molar-refractivity contribution in [2.24, 2.45) is 0 Å². The standard InChI is InChI=1S/C11H12FNO/c1-13(2)7-3-4-9-5-6-11(14)10(12)8-9/h5-6,8,14H,7H2,1-2H3. The molecule has 0 aromatic heterocycles. The van der Waals surface area contributed by atoms with Gasteiger partial charge in [0.2, 0.25) is 0 Å². The highest BCUT2D eigenvalue weighted by Gasteiger charge is 1.98. The van der Waals surface area contributed by atoms with Crippen LogP contribution in [0.4, 0.5) is 4.39 Å². The monoisotopic (exact) mass is 193 g/mol. The molecule has 0 atom stereocenters. The van der Waals surface area contributed by atoms with Crippen LogP contribution in [-0.2, 0) is 0 Å². The van der Waals surface area contributed by atoms with E-state index < -0.39 is 5.82 Å². The zero-order chi connectivity index (χ0) is 10.6. The maximum atomic E-state index is 12.8. The van der Waals surface area contributed by atoms with Crippen LogP contribution in [0.15, 0.2) is 18.2 Å². The summed E-state index contributed by atoms with van der Waals surface area (Å²) in [6.07, 6.45) is 0. The normalized spacial score (nSPS) is 9.71. The van der Waals surface area contributed by atoms with Crippen molar-refractivity contribution in [3.05, 3.63) is 29.6 Å². The minimum absolute atomic E-state index is 0.344. The van der Waals surface area contributed by atoms with Gasteiger partial charge in [-0.3, -0.25) is 4.90 Å². The molecule has 0 bridgehead atoms. The summed E-state index contributed by atoms with van der Waals surface area (Å²) in [5, 5.41) is 8.93. The topological polar surface area (TPSA) is 23.5 Å². The van der Waals surface area contributed by atoms with Gasteiger partial charge >= 0.3 is 0 Å². The van der Waals surface area contributed by atoms with Gasteiger partial charge < -0.3 is 5.11 Å². The molecule has 74 valence electrons. The first-order valence-corrected chi connectivity index (χ1v) is 4.21. The number of rotatable bonds is 1. The maximum Gasteiger partial charge on any atom is 0.166 e. The van der Waals surface area contributed by atoms with E-state index in [0.717, 1.165) is 0 Å². The lowest BCUT2D eigenvalue weighted by molar-refractivity contribution is 0.432. The molecule has 0 spiro atoms. The number of nitrogens with zero attached hydrogens (tertiary/aromatic N) is 1. The van der Waals surface area contributed by atoms with Crippen LogP contribution >= 0.6 is 0 Å². The van der Waals surface area contributed by atoms with Gasteiger partial charge in [0.1, 0.15) is 0 Å². The molecule has 0 aliphatic carbocycles. The second-order valence-electron chi connectivity index (χ2n) is 3.21. The quantitative estimate of drug-likeness (QED) is 0.682. The van der Waals surface area contributed by atoms with Gasteiger partial charge in [-0.2, -0.15) is 0 Å². The molecule has 1 aromatic carbocycles. The van der Waals surface area contributed by atoms with Crippen molar-refractivity contribution in [1.82, 2.24) is 4.90 Å². The zero-order valence-corrected chi connectivity index (χ0v) is 8.21. The number of hydrogen-bond donors (Lipinski definition) is 1. The molecule has 2 nitrogen and oxygen atoms in total. The molecule has 1 N–H and O–H groups in total. The fourth-order valence-corrected chi connectivity index (χ4v) is 0.884. The van der Waals surface area contributed by atoms with E-state index in [1.807, 2.05) is 19.0 Å². The number of phenolic OH excluding ortho intramolecular Hbond substituents is 1. The van der Waals surface area contributed by atoms with Crippen LogP contribution in [0.5, 0.6) is 5.75 Å². The second kappa shape index (κ2) is 4.64. The molecule has 0 fully saturated rings. The van der Waals surface area contributed by atoms with E-state index in [2.05, 4.69) is 11.8 Å². The average Bonchev–Trinajstić information content (AvgIpc) is 2.10. The Labute approximate surface area is 83.0 Å². The van der Waals surface area contributed by atoms with Gasteiger partial charge in [0.15, 0.2) is 11.6 Å². The largest absolute Gasteiger partial charge is 0.505 e. The van der Waals surface area contributed by atoms with Crippen molar-refractivity contribution in [2.45, 2.75) is 0 Å². The highest BCUT2D eigenvalue weighted by molar-refractivity contribution is 5.38. The van der Waals surface area contributed by atoms with Gasteiger partial charge in [-0.15, -0.1) is 0 Å². The van der Waals surface area contributed by atoms with Crippen LogP contribution in [0.2, 0.25) is 0 Å². The Bertz CT molecular complexity index is 377. The number of hydrogen-bond acceptors (Lipinski definition) is 2.